The van der Waals surface area contributed by atoms with Crippen molar-refractivity contribution < 1.29 is 4.79 Å². The van der Waals surface area contributed by atoms with E-state index in [-0.39, 0.29) is 16.7 Å². The van der Waals surface area contributed by atoms with E-state index in [1.54, 1.807) is 6.07 Å². The summed E-state index contributed by atoms with van der Waals surface area (Å²) >= 11 is 1.33. The average molecular weight is 394 g/mol. The van der Waals surface area contributed by atoms with Crippen molar-refractivity contribution in [2.75, 3.05) is 0 Å². The first-order chi connectivity index (χ1) is 13.4. The van der Waals surface area contributed by atoms with Gasteiger partial charge < -0.3 is 5.32 Å². The lowest BCUT2D eigenvalue weighted by atomic mass is 10.1. The Morgan fingerprint density at radius 2 is 1.82 bits per heavy atom. The van der Waals surface area contributed by atoms with Crippen LogP contribution in [0.5, 0.6) is 0 Å². The van der Waals surface area contributed by atoms with E-state index < -0.39 is 0 Å². The van der Waals surface area contributed by atoms with Crippen LogP contribution in [-0.2, 0) is 11.3 Å². The lowest BCUT2D eigenvalue weighted by Crippen LogP contribution is -2.30. The molecule has 0 aliphatic rings. The molecule has 0 aliphatic carbocycles. The van der Waals surface area contributed by atoms with Crippen molar-refractivity contribution >= 4 is 17.7 Å². The molecule has 0 radical (unpaired) electrons. The molecule has 0 unspecified atom stereocenters. The molecule has 0 saturated heterocycles. The van der Waals surface area contributed by atoms with Gasteiger partial charge in [0.05, 0.1) is 10.9 Å². The molecular formula is C22H23N3O2S. The van der Waals surface area contributed by atoms with Gasteiger partial charge in [-0.2, -0.15) is 9.78 Å². The zero-order valence-corrected chi connectivity index (χ0v) is 17.0. The summed E-state index contributed by atoms with van der Waals surface area (Å²) in [5, 5.41) is 7.66. The monoisotopic (exact) mass is 393 g/mol. The molecule has 5 nitrogen and oxygen atoms in total. The average Bonchev–Trinajstić information content (AvgIpc) is 2.68. The summed E-state index contributed by atoms with van der Waals surface area (Å²) in [6, 6.07) is 18.8. The lowest BCUT2D eigenvalue weighted by molar-refractivity contribution is -0.120. The molecule has 0 bridgehead atoms. The Balaban J connectivity index is 1.67. The minimum Gasteiger partial charge on any atom is -0.351 e. The van der Waals surface area contributed by atoms with E-state index in [2.05, 4.69) is 16.5 Å². The Morgan fingerprint density at radius 1 is 1.07 bits per heavy atom. The quantitative estimate of drug-likeness (QED) is 0.650. The Kier molecular flexibility index (Phi) is 6.31. The predicted molar refractivity (Wildman–Crippen MR) is 113 cm³/mol. The van der Waals surface area contributed by atoms with Crippen LogP contribution in [0.1, 0.15) is 23.6 Å². The summed E-state index contributed by atoms with van der Waals surface area (Å²) in [6.07, 6.45) is 0. The molecule has 3 aromatic rings. The van der Waals surface area contributed by atoms with Crippen molar-refractivity contribution in [3.63, 3.8) is 0 Å². The minimum absolute atomic E-state index is 0.0682. The maximum absolute atomic E-state index is 12.4. The molecule has 1 aromatic heterocycles. The molecule has 1 atom stereocenters. The van der Waals surface area contributed by atoms with Crippen molar-refractivity contribution in [3.05, 3.63) is 87.7 Å². The third kappa shape index (κ3) is 5.10. The number of amides is 1. The molecule has 3 rings (SSSR count). The fraction of sp³-hybridized carbons (Fsp3) is 0.227. The molecule has 1 amide bonds. The molecule has 0 fully saturated rings. The first-order valence-corrected chi connectivity index (χ1v) is 9.98. The first kappa shape index (κ1) is 19.9. The van der Waals surface area contributed by atoms with Crippen molar-refractivity contribution in [2.24, 2.45) is 0 Å². The fourth-order valence-electron chi connectivity index (χ4n) is 2.72. The standard InChI is InChI=1S/C22H23N3O2S/c1-15-7-9-19(10-8-15)25-21(26)12-11-20(24-25)28-17(3)22(27)23-14-18-6-4-5-16(2)13-18/h4-13,17H,14H2,1-3H3,(H,23,27)/t17-/m1/s1. The molecule has 2 aromatic carbocycles. The predicted octanol–water partition coefficient (Wildman–Crippen LogP) is 3.65. The summed E-state index contributed by atoms with van der Waals surface area (Å²) in [4.78, 5) is 24.6. The molecule has 28 heavy (non-hydrogen) atoms. The van der Waals surface area contributed by atoms with Crippen LogP contribution in [-0.4, -0.2) is 20.9 Å². The summed E-state index contributed by atoms with van der Waals surface area (Å²) in [6.45, 7) is 6.34. The van der Waals surface area contributed by atoms with Crippen molar-refractivity contribution in [2.45, 2.75) is 37.6 Å². The highest BCUT2D eigenvalue weighted by Gasteiger charge is 2.16. The minimum atomic E-state index is -0.332. The second kappa shape index (κ2) is 8.89. The van der Waals surface area contributed by atoms with Crippen molar-refractivity contribution in [1.82, 2.24) is 15.1 Å². The van der Waals surface area contributed by atoms with Crippen LogP contribution in [0.4, 0.5) is 0 Å². The number of carbonyl (C=O) groups is 1. The van der Waals surface area contributed by atoms with Crippen molar-refractivity contribution in [3.8, 4) is 5.69 Å². The second-order valence-corrected chi connectivity index (χ2v) is 8.09. The van der Waals surface area contributed by atoms with E-state index in [9.17, 15) is 9.59 Å². The van der Waals surface area contributed by atoms with Gasteiger partial charge in [0, 0.05) is 12.6 Å². The van der Waals surface area contributed by atoms with Gasteiger partial charge in [0.1, 0.15) is 5.03 Å². The lowest BCUT2D eigenvalue weighted by Gasteiger charge is -2.13. The molecule has 1 heterocycles. The van der Waals surface area contributed by atoms with E-state index in [0.717, 1.165) is 16.7 Å². The number of carbonyl (C=O) groups excluding carboxylic acids is 1. The Morgan fingerprint density at radius 3 is 2.54 bits per heavy atom. The number of nitrogens with zero attached hydrogens (tertiary/aromatic N) is 2. The highest BCUT2D eigenvalue weighted by atomic mass is 32.2. The third-order valence-electron chi connectivity index (χ3n) is 4.27. The molecular weight excluding hydrogens is 370 g/mol. The second-order valence-electron chi connectivity index (χ2n) is 6.72. The third-order valence-corrected chi connectivity index (χ3v) is 5.30. The number of aromatic nitrogens is 2. The van der Waals surface area contributed by atoms with E-state index in [1.165, 1.54) is 22.5 Å². The zero-order chi connectivity index (χ0) is 20.1. The van der Waals surface area contributed by atoms with E-state index in [1.807, 2.05) is 63.2 Å². The summed E-state index contributed by atoms with van der Waals surface area (Å²) in [5.41, 5.74) is 3.84. The Labute approximate surface area is 168 Å². The molecule has 0 spiro atoms. The maximum Gasteiger partial charge on any atom is 0.271 e. The van der Waals surface area contributed by atoms with Crippen LogP contribution < -0.4 is 10.9 Å². The molecule has 6 heteroatoms. The molecule has 0 aliphatic heterocycles. The van der Waals surface area contributed by atoms with Gasteiger partial charge in [-0.1, -0.05) is 59.3 Å². The smallest absolute Gasteiger partial charge is 0.271 e. The van der Waals surface area contributed by atoms with Crippen LogP contribution in [0.25, 0.3) is 5.69 Å². The van der Waals surface area contributed by atoms with Gasteiger partial charge >= 0.3 is 0 Å². The summed E-state index contributed by atoms with van der Waals surface area (Å²) in [7, 11) is 0. The number of aryl methyl sites for hydroxylation is 2. The van der Waals surface area contributed by atoms with E-state index in [0.29, 0.717) is 17.3 Å². The van der Waals surface area contributed by atoms with Crippen LogP contribution in [0.15, 0.2) is 70.5 Å². The number of hydrogen-bond acceptors (Lipinski definition) is 4. The summed E-state index contributed by atoms with van der Waals surface area (Å²) < 4.78 is 1.36. The fourth-order valence-corrected chi connectivity index (χ4v) is 3.55. The highest BCUT2D eigenvalue weighted by molar-refractivity contribution is 8.00. The number of hydrogen-bond donors (Lipinski definition) is 1. The van der Waals surface area contributed by atoms with Gasteiger partial charge in [0.2, 0.25) is 5.91 Å². The Bertz CT molecular complexity index is 1030. The largest absolute Gasteiger partial charge is 0.351 e. The number of benzene rings is 2. The summed E-state index contributed by atoms with van der Waals surface area (Å²) in [5.74, 6) is -0.0682. The van der Waals surface area contributed by atoms with Gasteiger partial charge in [-0.25, -0.2) is 0 Å². The number of thioether (sulfide) groups is 1. The topological polar surface area (TPSA) is 64.0 Å². The zero-order valence-electron chi connectivity index (χ0n) is 16.2. The van der Waals surface area contributed by atoms with Gasteiger partial charge in [0.15, 0.2) is 0 Å². The van der Waals surface area contributed by atoms with Gasteiger partial charge in [-0.15, -0.1) is 0 Å². The molecule has 0 saturated carbocycles. The van der Waals surface area contributed by atoms with Crippen LogP contribution >= 0.6 is 11.8 Å². The van der Waals surface area contributed by atoms with Crippen LogP contribution in [0.3, 0.4) is 0 Å². The highest BCUT2D eigenvalue weighted by Crippen LogP contribution is 2.21. The van der Waals surface area contributed by atoms with Gasteiger partial charge in [-0.3, -0.25) is 9.59 Å². The first-order valence-electron chi connectivity index (χ1n) is 9.10. The molecule has 144 valence electrons. The van der Waals surface area contributed by atoms with Gasteiger partial charge in [0.25, 0.3) is 5.56 Å². The SMILES string of the molecule is Cc1ccc(-n2nc(S[C@H](C)C(=O)NCc3cccc(C)c3)ccc2=O)cc1. The van der Waals surface area contributed by atoms with E-state index in [4.69, 9.17) is 0 Å². The number of rotatable bonds is 6. The normalized spacial score (nSPS) is 11.8. The van der Waals surface area contributed by atoms with Gasteiger partial charge in [-0.05, 0) is 44.5 Å². The molecule has 1 N–H and O–H groups in total. The van der Waals surface area contributed by atoms with Crippen LogP contribution in [0.2, 0.25) is 0 Å². The number of nitrogens with one attached hydrogen (secondary N) is 1. The van der Waals surface area contributed by atoms with Crippen molar-refractivity contribution in [1.29, 1.82) is 0 Å². The maximum atomic E-state index is 12.4. The van der Waals surface area contributed by atoms with E-state index >= 15 is 0 Å². The Hall–Kier alpha value is -2.86. The van der Waals surface area contributed by atoms with Crippen LogP contribution in [0, 0.1) is 13.8 Å².